The fourth-order valence-electron chi connectivity index (χ4n) is 2.60. The first-order valence-corrected chi connectivity index (χ1v) is 8.02. The van der Waals surface area contributed by atoms with E-state index in [0.717, 1.165) is 18.5 Å². The molecule has 2 heterocycles. The van der Waals surface area contributed by atoms with Crippen LogP contribution in [0.3, 0.4) is 0 Å². The van der Waals surface area contributed by atoms with Crippen LogP contribution in [0, 0.1) is 5.92 Å². The highest BCUT2D eigenvalue weighted by atomic mass is 32.2. The molecule has 0 aromatic carbocycles. The Morgan fingerprint density at radius 3 is 2.78 bits per heavy atom. The Morgan fingerprint density at radius 1 is 1.44 bits per heavy atom. The normalized spacial score (nSPS) is 27.4. The molecule has 0 amide bonds. The summed E-state index contributed by atoms with van der Waals surface area (Å²) in [6.07, 6.45) is 6.10. The van der Waals surface area contributed by atoms with Crippen LogP contribution in [0.1, 0.15) is 44.2 Å². The standard InChI is InChI=1S/C12H19N3O2S/c1-9(2)5-12-14-8-13-6-11(14)7-15(10-3-4-10)18(12,16)17/h6,8-10,12H,3-5,7H2,1-2H3. The monoisotopic (exact) mass is 269 g/mol. The van der Waals surface area contributed by atoms with Crippen molar-refractivity contribution in [2.75, 3.05) is 0 Å². The SMILES string of the molecule is CC(C)CC1n2cncc2CN(C2CC2)S1(=O)=O. The predicted octanol–water partition coefficient (Wildman–Crippen LogP) is 1.74. The van der Waals surface area contributed by atoms with Crippen molar-refractivity contribution in [3.8, 4) is 0 Å². The second kappa shape index (κ2) is 4.06. The maximum absolute atomic E-state index is 12.7. The number of sulfonamides is 1. The summed E-state index contributed by atoms with van der Waals surface area (Å²) in [7, 11) is -3.22. The summed E-state index contributed by atoms with van der Waals surface area (Å²) in [5.74, 6) is 0.346. The van der Waals surface area contributed by atoms with Gasteiger partial charge in [0.1, 0.15) is 0 Å². The lowest BCUT2D eigenvalue weighted by molar-refractivity contribution is 0.329. The van der Waals surface area contributed by atoms with Gasteiger partial charge < -0.3 is 4.57 Å². The van der Waals surface area contributed by atoms with E-state index in [0.29, 0.717) is 18.9 Å². The van der Waals surface area contributed by atoms with Gasteiger partial charge in [0, 0.05) is 12.2 Å². The van der Waals surface area contributed by atoms with Crippen molar-refractivity contribution in [3.63, 3.8) is 0 Å². The molecule has 0 saturated heterocycles. The van der Waals surface area contributed by atoms with Crippen LogP contribution in [0.15, 0.2) is 12.5 Å². The minimum atomic E-state index is -3.22. The van der Waals surface area contributed by atoms with E-state index < -0.39 is 15.4 Å². The number of rotatable bonds is 3. The third-order valence-corrected chi connectivity index (χ3v) is 5.86. The molecular formula is C12H19N3O2S. The highest BCUT2D eigenvalue weighted by Crippen LogP contribution is 2.40. The Bertz CT molecular complexity index is 545. The zero-order valence-electron chi connectivity index (χ0n) is 10.8. The molecule has 3 rings (SSSR count). The van der Waals surface area contributed by atoms with Gasteiger partial charge in [0.2, 0.25) is 10.0 Å². The molecular weight excluding hydrogens is 250 g/mol. The number of hydrogen-bond acceptors (Lipinski definition) is 3. The quantitative estimate of drug-likeness (QED) is 0.840. The van der Waals surface area contributed by atoms with E-state index in [2.05, 4.69) is 18.8 Å². The summed E-state index contributed by atoms with van der Waals surface area (Å²) in [6.45, 7) is 4.60. The number of imidazole rings is 1. The second-order valence-electron chi connectivity index (χ2n) is 5.70. The molecule has 6 heteroatoms. The van der Waals surface area contributed by atoms with E-state index in [-0.39, 0.29) is 6.04 Å². The number of fused-ring (bicyclic) bond motifs is 1. The molecule has 100 valence electrons. The van der Waals surface area contributed by atoms with Crippen LogP contribution in [-0.2, 0) is 16.6 Å². The van der Waals surface area contributed by atoms with Crippen molar-refractivity contribution in [1.29, 1.82) is 0 Å². The molecule has 0 bridgehead atoms. The molecule has 0 spiro atoms. The minimum absolute atomic E-state index is 0.230. The molecule has 1 atom stereocenters. The van der Waals surface area contributed by atoms with Gasteiger partial charge in [-0.3, -0.25) is 0 Å². The lowest BCUT2D eigenvalue weighted by atomic mass is 10.1. The molecule has 1 saturated carbocycles. The average molecular weight is 269 g/mol. The maximum atomic E-state index is 12.7. The van der Waals surface area contributed by atoms with Crippen molar-refractivity contribution >= 4 is 10.0 Å². The summed E-state index contributed by atoms with van der Waals surface area (Å²) in [4.78, 5) is 4.11. The summed E-state index contributed by atoms with van der Waals surface area (Å²) in [5.41, 5.74) is 1.02. The van der Waals surface area contributed by atoms with Gasteiger partial charge in [-0.1, -0.05) is 13.8 Å². The van der Waals surface area contributed by atoms with Gasteiger partial charge in [0.25, 0.3) is 0 Å². The van der Waals surface area contributed by atoms with Crippen molar-refractivity contribution in [2.24, 2.45) is 5.92 Å². The van der Waals surface area contributed by atoms with Crippen LogP contribution in [0.25, 0.3) is 0 Å². The highest BCUT2D eigenvalue weighted by molar-refractivity contribution is 7.89. The highest BCUT2D eigenvalue weighted by Gasteiger charge is 2.45. The molecule has 18 heavy (non-hydrogen) atoms. The van der Waals surface area contributed by atoms with Gasteiger partial charge in [-0.05, 0) is 25.2 Å². The molecule has 1 unspecified atom stereocenters. The largest absolute Gasteiger partial charge is 0.314 e. The molecule has 0 radical (unpaired) electrons. The fraction of sp³-hybridized carbons (Fsp3) is 0.750. The lowest BCUT2D eigenvalue weighted by Gasteiger charge is -2.34. The molecule has 0 N–H and O–H groups in total. The topological polar surface area (TPSA) is 55.2 Å². The van der Waals surface area contributed by atoms with E-state index in [9.17, 15) is 8.42 Å². The van der Waals surface area contributed by atoms with Crippen LogP contribution >= 0.6 is 0 Å². The molecule has 1 aromatic rings. The number of aromatic nitrogens is 2. The molecule has 5 nitrogen and oxygen atoms in total. The van der Waals surface area contributed by atoms with Crippen LogP contribution in [0.4, 0.5) is 0 Å². The van der Waals surface area contributed by atoms with Crippen molar-refractivity contribution in [1.82, 2.24) is 13.9 Å². The van der Waals surface area contributed by atoms with Crippen molar-refractivity contribution < 1.29 is 8.42 Å². The predicted molar refractivity (Wildman–Crippen MR) is 68.2 cm³/mol. The van der Waals surface area contributed by atoms with Gasteiger partial charge in [-0.25, -0.2) is 13.4 Å². The van der Waals surface area contributed by atoms with E-state index in [1.165, 1.54) is 0 Å². The van der Waals surface area contributed by atoms with Crippen molar-refractivity contribution in [2.45, 2.75) is 51.1 Å². The first kappa shape index (κ1) is 12.2. The molecule has 1 fully saturated rings. The Hall–Kier alpha value is -0.880. The summed E-state index contributed by atoms with van der Waals surface area (Å²) in [5, 5.41) is -0.468. The first-order valence-electron chi connectivity index (χ1n) is 6.51. The van der Waals surface area contributed by atoms with Crippen LogP contribution in [0.5, 0.6) is 0 Å². The van der Waals surface area contributed by atoms with E-state index in [1.807, 2.05) is 4.57 Å². The Morgan fingerprint density at radius 2 is 2.17 bits per heavy atom. The Balaban J connectivity index is 2.03. The van der Waals surface area contributed by atoms with E-state index in [1.54, 1.807) is 16.8 Å². The van der Waals surface area contributed by atoms with Crippen LogP contribution < -0.4 is 0 Å². The summed E-state index contributed by atoms with van der Waals surface area (Å²) < 4.78 is 28.9. The van der Waals surface area contributed by atoms with Gasteiger partial charge in [-0.2, -0.15) is 4.31 Å². The Kier molecular flexibility index (Phi) is 2.75. The molecule has 1 aromatic heterocycles. The van der Waals surface area contributed by atoms with Crippen LogP contribution in [0.2, 0.25) is 0 Å². The Labute approximate surface area is 108 Å². The maximum Gasteiger partial charge on any atom is 0.236 e. The molecule has 1 aliphatic heterocycles. The van der Waals surface area contributed by atoms with E-state index in [4.69, 9.17) is 0 Å². The third-order valence-electron chi connectivity index (χ3n) is 3.67. The third kappa shape index (κ3) is 1.87. The van der Waals surface area contributed by atoms with Gasteiger partial charge in [-0.15, -0.1) is 0 Å². The molecule has 1 aliphatic carbocycles. The van der Waals surface area contributed by atoms with Gasteiger partial charge in [0.05, 0.1) is 18.6 Å². The fourth-order valence-corrected chi connectivity index (χ4v) is 4.96. The molecule has 2 aliphatic rings. The number of hydrogen-bond donors (Lipinski definition) is 0. The second-order valence-corrected chi connectivity index (χ2v) is 7.74. The first-order chi connectivity index (χ1) is 8.50. The zero-order valence-corrected chi connectivity index (χ0v) is 11.6. The van der Waals surface area contributed by atoms with Crippen LogP contribution in [-0.4, -0.2) is 28.3 Å². The average Bonchev–Trinajstić information content (AvgIpc) is 3.00. The van der Waals surface area contributed by atoms with Gasteiger partial charge in [0.15, 0.2) is 5.37 Å². The summed E-state index contributed by atoms with van der Waals surface area (Å²) >= 11 is 0. The minimum Gasteiger partial charge on any atom is -0.314 e. The summed E-state index contributed by atoms with van der Waals surface area (Å²) in [6, 6.07) is 0.230. The van der Waals surface area contributed by atoms with E-state index >= 15 is 0 Å². The van der Waals surface area contributed by atoms with Gasteiger partial charge >= 0.3 is 0 Å². The lowest BCUT2D eigenvalue weighted by Crippen LogP contribution is -2.43. The zero-order chi connectivity index (χ0) is 12.9. The van der Waals surface area contributed by atoms with Crippen molar-refractivity contribution in [3.05, 3.63) is 18.2 Å². The number of nitrogens with zero attached hydrogens (tertiary/aromatic N) is 3. The smallest absolute Gasteiger partial charge is 0.236 e.